The summed E-state index contributed by atoms with van der Waals surface area (Å²) in [4.78, 5) is 0. The fourth-order valence-corrected chi connectivity index (χ4v) is 3.26. The Bertz CT molecular complexity index is 317. The highest BCUT2D eigenvalue weighted by Gasteiger charge is 2.32. The zero-order chi connectivity index (χ0) is 10.8. The zero-order valence-electron chi connectivity index (χ0n) is 9.20. The van der Waals surface area contributed by atoms with Crippen molar-refractivity contribution in [3.05, 3.63) is 10.3 Å². The minimum Gasteiger partial charge on any atom is -0.319 e. The number of hydrogen-bond donors (Lipinski definition) is 1. The van der Waals surface area contributed by atoms with Gasteiger partial charge < -0.3 is 5.32 Å². The maximum Gasteiger partial charge on any atom is 0.151 e. The molecule has 1 aliphatic rings. The summed E-state index contributed by atoms with van der Waals surface area (Å²) in [6.07, 6.45) is 3.88. The fourth-order valence-electron chi connectivity index (χ4n) is 2.64. The molecule has 1 aromatic heterocycles. The summed E-state index contributed by atoms with van der Waals surface area (Å²) in [5, 5.41) is 11.4. The van der Waals surface area contributed by atoms with Crippen LogP contribution in [0.2, 0.25) is 0 Å². The van der Waals surface area contributed by atoms with Crippen LogP contribution in [0.4, 0.5) is 0 Å². The summed E-state index contributed by atoms with van der Waals surface area (Å²) < 4.78 is 2.82. The third-order valence-corrected chi connectivity index (χ3v) is 3.87. The van der Waals surface area contributed by atoms with Crippen LogP contribution in [0.15, 0.2) is 4.60 Å². The number of hydrogen-bond acceptors (Lipinski definition) is 3. The minimum atomic E-state index is 0.604. The molecule has 2 atom stereocenters. The van der Waals surface area contributed by atoms with Crippen molar-refractivity contribution in [2.24, 2.45) is 13.0 Å². The second kappa shape index (κ2) is 4.61. The smallest absolute Gasteiger partial charge is 0.151 e. The topological polar surface area (TPSA) is 42.7 Å². The standard InChI is InChI=1S/C10H17BrN4/c1-12-6-7-4-3-5-8(7)9-10(11)13-14-15(9)2/h7-8,12H,3-6H2,1-2H3. The van der Waals surface area contributed by atoms with Gasteiger partial charge in [0.2, 0.25) is 0 Å². The highest BCUT2D eigenvalue weighted by molar-refractivity contribution is 9.10. The molecule has 1 aliphatic carbocycles. The monoisotopic (exact) mass is 272 g/mol. The SMILES string of the molecule is CNCC1CCCC1c1c(Br)nnn1C. The van der Waals surface area contributed by atoms with Gasteiger partial charge in [0.05, 0.1) is 5.69 Å². The van der Waals surface area contributed by atoms with Gasteiger partial charge in [0.25, 0.3) is 0 Å². The molecule has 0 radical (unpaired) electrons. The number of halogens is 1. The highest BCUT2D eigenvalue weighted by Crippen LogP contribution is 2.40. The molecule has 1 heterocycles. The summed E-state index contributed by atoms with van der Waals surface area (Å²) in [5.74, 6) is 1.33. The van der Waals surface area contributed by atoms with Gasteiger partial charge in [-0.1, -0.05) is 11.6 Å². The molecule has 15 heavy (non-hydrogen) atoms. The lowest BCUT2D eigenvalue weighted by molar-refractivity contribution is 0.441. The quantitative estimate of drug-likeness (QED) is 0.911. The van der Waals surface area contributed by atoms with Gasteiger partial charge in [-0.3, -0.25) is 4.68 Å². The van der Waals surface area contributed by atoms with Gasteiger partial charge in [-0.05, 0) is 48.3 Å². The Hall–Kier alpha value is -0.420. The van der Waals surface area contributed by atoms with Gasteiger partial charge in [-0.2, -0.15) is 0 Å². The van der Waals surface area contributed by atoms with E-state index in [0.29, 0.717) is 5.92 Å². The van der Waals surface area contributed by atoms with Crippen molar-refractivity contribution < 1.29 is 0 Å². The van der Waals surface area contributed by atoms with Crippen molar-refractivity contribution in [2.75, 3.05) is 13.6 Å². The molecule has 0 saturated heterocycles. The summed E-state index contributed by atoms with van der Waals surface area (Å²) >= 11 is 3.49. The van der Waals surface area contributed by atoms with Crippen LogP contribution in [-0.4, -0.2) is 28.6 Å². The molecule has 0 aromatic carbocycles. The van der Waals surface area contributed by atoms with E-state index in [9.17, 15) is 0 Å². The highest BCUT2D eigenvalue weighted by atomic mass is 79.9. The summed E-state index contributed by atoms with van der Waals surface area (Å²) in [6.45, 7) is 1.09. The average molecular weight is 273 g/mol. The van der Waals surface area contributed by atoms with Crippen LogP contribution >= 0.6 is 15.9 Å². The van der Waals surface area contributed by atoms with Crippen molar-refractivity contribution >= 4 is 15.9 Å². The van der Waals surface area contributed by atoms with Gasteiger partial charge in [-0.15, -0.1) is 5.10 Å². The Labute approximate surface area is 98.6 Å². The lowest BCUT2D eigenvalue weighted by Crippen LogP contribution is -2.22. The molecule has 1 saturated carbocycles. The molecule has 5 heteroatoms. The second-order valence-corrected chi connectivity index (χ2v) is 5.00. The molecule has 0 aliphatic heterocycles. The Balaban J connectivity index is 2.22. The summed E-state index contributed by atoms with van der Waals surface area (Å²) in [6, 6.07) is 0. The van der Waals surface area contributed by atoms with Crippen LogP contribution in [-0.2, 0) is 7.05 Å². The van der Waals surface area contributed by atoms with Crippen LogP contribution in [0.1, 0.15) is 30.9 Å². The van der Waals surface area contributed by atoms with Crippen molar-refractivity contribution in [1.29, 1.82) is 0 Å². The minimum absolute atomic E-state index is 0.604. The molecule has 4 nitrogen and oxygen atoms in total. The first-order valence-corrected chi connectivity index (χ1v) is 6.23. The van der Waals surface area contributed by atoms with E-state index >= 15 is 0 Å². The number of rotatable bonds is 3. The molecule has 2 unspecified atom stereocenters. The van der Waals surface area contributed by atoms with E-state index in [-0.39, 0.29) is 0 Å². The van der Waals surface area contributed by atoms with Gasteiger partial charge in [0, 0.05) is 13.0 Å². The Morgan fingerprint density at radius 2 is 2.33 bits per heavy atom. The Morgan fingerprint density at radius 3 is 2.93 bits per heavy atom. The maximum atomic E-state index is 4.06. The fraction of sp³-hybridized carbons (Fsp3) is 0.800. The predicted octanol–water partition coefficient (Wildman–Crippen LogP) is 1.68. The van der Waals surface area contributed by atoms with Crippen LogP contribution < -0.4 is 5.32 Å². The van der Waals surface area contributed by atoms with Crippen LogP contribution in [0.25, 0.3) is 0 Å². The number of nitrogens with one attached hydrogen (secondary N) is 1. The first kappa shape index (κ1) is 11.1. The number of nitrogens with zero attached hydrogens (tertiary/aromatic N) is 3. The lowest BCUT2D eigenvalue weighted by Gasteiger charge is -2.19. The van der Waals surface area contributed by atoms with Crippen LogP contribution in [0.5, 0.6) is 0 Å². The van der Waals surface area contributed by atoms with E-state index in [1.165, 1.54) is 25.0 Å². The normalized spacial score (nSPS) is 26.1. The molecule has 0 spiro atoms. The molecule has 0 amide bonds. The predicted molar refractivity (Wildman–Crippen MR) is 62.7 cm³/mol. The van der Waals surface area contributed by atoms with E-state index < -0.39 is 0 Å². The first-order chi connectivity index (χ1) is 7.24. The van der Waals surface area contributed by atoms with Crippen molar-refractivity contribution in [3.63, 3.8) is 0 Å². The van der Waals surface area contributed by atoms with E-state index in [1.807, 2.05) is 18.8 Å². The lowest BCUT2D eigenvalue weighted by atomic mass is 9.93. The molecule has 1 fully saturated rings. The third-order valence-electron chi connectivity index (χ3n) is 3.30. The van der Waals surface area contributed by atoms with Crippen LogP contribution in [0.3, 0.4) is 0 Å². The van der Waals surface area contributed by atoms with Crippen molar-refractivity contribution in [2.45, 2.75) is 25.2 Å². The zero-order valence-corrected chi connectivity index (χ0v) is 10.8. The average Bonchev–Trinajstić information content (AvgIpc) is 2.75. The van der Waals surface area contributed by atoms with Gasteiger partial charge >= 0.3 is 0 Å². The van der Waals surface area contributed by atoms with Gasteiger partial charge in [-0.25, -0.2) is 0 Å². The van der Waals surface area contributed by atoms with E-state index in [2.05, 4.69) is 31.6 Å². The summed E-state index contributed by atoms with van der Waals surface area (Å²) in [7, 11) is 3.99. The van der Waals surface area contributed by atoms with E-state index in [4.69, 9.17) is 0 Å². The first-order valence-electron chi connectivity index (χ1n) is 5.43. The molecular formula is C10H17BrN4. The number of aromatic nitrogens is 3. The molecule has 0 bridgehead atoms. The maximum absolute atomic E-state index is 4.06. The Morgan fingerprint density at radius 1 is 1.53 bits per heavy atom. The van der Waals surface area contributed by atoms with Gasteiger partial charge in [0.15, 0.2) is 4.60 Å². The second-order valence-electron chi connectivity index (χ2n) is 4.24. The van der Waals surface area contributed by atoms with E-state index in [1.54, 1.807) is 0 Å². The molecular weight excluding hydrogens is 256 g/mol. The molecule has 1 aromatic rings. The van der Waals surface area contributed by atoms with Crippen molar-refractivity contribution in [3.8, 4) is 0 Å². The molecule has 1 N–H and O–H groups in total. The third kappa shape index (κ3) is 2.08. The van der Waals surface area contributed by atoms with Crippen molar-refractivity contribution in [1.82, 2.24) is 20.3 Å². The van der Waals surface area contributed by atoms with Gasteiger partial charge in [0.1, 0.15) is 0 Å². The summed E-state index contributed by atoms with van der Waals surface area (Å²) in [5.41, 5.74) is 1.26. The van der Waals surface area contributed by atoms with Crippen LogP contribution in [0, 0.1) is 5.92 Å². The largest absolute Gasteiger partial charge is 0.319 e. The molecule has 2 rings (SSSR count). The molecule has 84 valence electrons. The number of aryl methyl sites for hydroxylation is 1. The Kier molecular flexibility index (Phi) is 3.41. The van der Waals surface area contributed by atoms with E-state index in [0.717, 1.165) is 17.1 Å².